The van der Waals surface area contributed by atoms with Crippen LogP contribution in [0.5, 0.6) is 0 Å². The van der Waals surface area contributed by atoms with Gasteiger partial charge in [0.1, 0.15) is 6.10 Å². The standard InChI is InChI=1S/C13H21N3O2/c1-2-9-5-6-10(17-9)11-15-12(16-18-11)13(14)7-3-4-8-13/h9-10H,2-8,14H2,1H3. The van der Waals surface area contributed by atoms with E-state index in [1.807, 2.05) is 0 Å². The van der Waals surface area contributed by atoms with Gasteiger partial charge in [-0.3, -0.25) is 0 Å². The molecule has 18 heavy (non-hydrogen) atoms. The van der Waals surface area contributed by atoms with Gasteiger partial charge < -0.3 is 15.0 Å². The molecule has 2 fully saturated rings. The molecule has 0 aromatic carbocycles. The molecule has 100 valence electrons. The predicted octanol–water partition coefficient (Wildman–Crippen LogP) is 2.43. The highest BCUT2D eigenvalue weighted by molar-refractivity contribution is 5.07. The molecule has 1 aliphatic heterocycles. The van der Waals surface area contributed by atoms with Crippen LogP contribution in [0.2, 0.25) is 0 Å². The fourth-order valence-electron chi connectivity index (χ4n) is 2.99. The molecule has 1 aromatic heterocycles. The van der Waals surface area contributed by atoms with Crippen LogP contribution in [0.4, 0.5) is 0 Å². The number of nitrogens with zero attached hydrogens (tertiary/aromatic N) is 2. The van der Waals surface area contributed by atoms with Crippen LogP contribution < -0.4 is 5.73 Å². The summed E-state index contributed by atoms with van der Waals surface area (Å²) in [5.41, 5.74) is 5.95. The Morgan fingerprint density at radius 3 is 2.78 bits per heavy atom. The lowest BCUT2D eigenvalue weighted by atomic mass is 9.99. The predicted molar refractivity (Wildman–Crippen MR) is 65.8 cm³/mol. The van der Waals surface area contributed by atoms with Crippen LogP contribution in [0.3, 0.4) is 0 Å². The van der Waals surface area contributed by atoms with Crippen molar-refractivity contribution in [2.45, 2.75) is 69.6 Å². The molecule has 5 heteroatoms. The molecule has 2 heterocycles. The molecule has 5 nitrogen and oxygen atoms in total. The summed E-state index contributed by atoms with van der Waals surface area (Å²) in [6, 6.07) is 0. The number of rotatable bonds is 3. The Bertz CT molecular complexity index is 412. The summed E-state index contributed by atoms with van der Waals surface area (Å²) < 4.78 is 11.2. The summed E-state index contributed by atoms with van der Waals surface area (Å²) >= 11 is 0. The van der Waals surface area contributed by atoms with E-state index in [1.54, 1.807) is 0 Å². The van der Waals surface area contributed by atoms with Gasteiger partial charge in [-0.2, -0.15) is 4.98 Å². The molecule has 0 bridgehead atoms. The summed E-state index contributed by atoms with van der Waals surface area (Å²) in [7, 11) is 0. The minimum atomic E-state index is -0.371. The van der Waals surface area contributed by atoms with E-state index >= 15 is 0 Å². The Kier molecular flexibility index (Phi) is 3.11. The quantitative estimate of drug-likeness (QED) is 0.893. The molecule has 1 saturated heterocycles. The van der Waals surface area contributed by atoms with E-state index < -0.39 is 0 Å². The van der Waals surface area contributed by atoms with E-state index in [4.69, 9.17) is 15.0 Å². The molecule has 3 rings (SSSR count). The third-order valence-corrected chi connectivity index (χ3v) is 4.22. The molecular weight excluding hydrogens is 230 g/mol. The van der Waals surface area contributed by atoms with Crippen molar-refractivity contribution in [3.8, 4) is 0 Å². The van der Waals surface area contributed by atoms with Crippen LogP contribution >= 0.6 is 0 Å². The van der Waals surface area contributed by atoms with Gasteiger partial charge in [-0.25, -0.2) is 0 Å². The second-order valence-electron chi connectivity index (χ2n) is 5.55. The molecule has 1 saturated carbocycles. The van der Waals surface area contributed by atoms with Crippen LogP contribution in [0, 0.1) is 0 Å². The van der Waals surface area contributed by atoms with E-state index in [2.05, 4.69) is 17.1 Å². The lowest BCUT2D eigenvalue weighted by molar-refractivity contribution is 0.0245. The third-order valence-electron chi connectivity index (χ3n) is 4.22. The molecule has 1 aromatic rings. The summed E-state index contributed by atoms with van der Waals surface area (Å²) in [5, 5.41) is 4.07. The lowest BCUT2D eigenvalue weighted by Gasteiger charge is -2.17. The molecular formula is C13H21N3O2. The van der Waals surface area contributed by atoms with Crippen LogP contribution in [-0.2, 0) is 10.3 Å². The average molecular weight is 251 g/mol. The molecule has 0 amide bonds. The fourth-order valence-corrected chi connectivity index (χ4v) is 2.99. The van der Waals surface area contributed by atoms with Gasteiger partial charge in [0.2, 0.25) is 0 Å². The Labute approximate surface area is 107 Å². The molecule has 0 spiro atoms. The second kappa shape index (κ2) is 4.63. The van der Waals surface area contributed by atoms with E-state index in [-0.39, 0.29) is 11.6 Å². The Hall–Kier alpha value is -0.940. The maximum atomic E-state index is 6.32. The van der Waals surface area contributed by atoms with Crippen molar-refractivity contribution in [3.63, 3.8) is 0 Å². The second-order valence-corrected chi connectivity index (χ2v) is 5.55. The summed E-state index contributed by atoms with van der Waals surface area (Å²) in [5.74, 6) is 1.27. The van der Waals surface area contributed by atoms with Gasteiger partial charge in [-0.1, -0.05) is 24.9 Å². The number of hydrogen-bond donors (Lipinski definition) is 1. The van der Waals surface area contributed by atoms with Gasteiger partial charge >= 0.3 is 0 Å². The van der Waals surface area contributed by atoms with Gasteiger partial charge in [0.25, 0.3) is 5.89 Å². The highest BCUT2D eigenvalue weighted by Gasteiger charge is 2.37. The first kappa shape index (κ1) is 12.1. The lowest BCUT2D eigenvalue weighted by Crippen LogP contribution is -2.34. The van der Waals surface area contributed by atoms with Crippen molar-refractivity contribution >= 4 is 0 Å². The summed E-state index contributed by atoms with van der Waals surface area (Å²) in [6.07, 6.45) is 7.60. The van der Waals surface area contributed by atoms with Crippen molar-refractivity contribution in [2.75, 3.05) is 0 Å². The fraction of sp³-hybridized carbons (Fsp3) is 0.846. The number of nitrogens with two attached hydrogens (primary N) is 1. The van der Waals surface area contributed by atoms with E-state index in [0.717, 1.165) is 44.9 Å². The van der Waals surface area contributed by atoms with E-state index in [1.165, 1.54) is 0 Å². The number of hydrogen-bond acceptors (Lipinski definition) is 5. The van der Waals surface area contributed by atoms with Crippen molar-refractivity contribution in [1.29, 1.82) is 0 Å². The molecule has 2 atom stereocenters. The first-order valence-electron chi connectivity index (χ1n) is 7.00. The van der Waals surface area contributed by atoms with Crippen LogP contribution in [0.1, 0.15) is 69.7 Å². The zero-order valence-electron chi connectivity index (χ0n) is 10.9. The normalized spacial score (nSPS) is 31.0. The van der Waals surface area contributed by atoms with Crippen LogP contribution in [0.25, 0.3) is 0 Å². The number of aromatic nitrogens is 2. The Balaban J connectivity index is 1.74. The van der Waals surface area contributed by atoms with Crippen LogP contribution in [-0.4, -0.2) is 16.2 Å². The Morgan fingerprint density at radius 1 is 1.33 bits per heavy atom. The molecule has 2 unspecified atom stereocenters. The maximum Gasteiger partial charge on any atom is 0.255 e. The van der Waals surface area contributed by atoms with E-state index in [9.17, 15) is 0 Å². The average Bonchev–Trinajstić information content (AvgIpc) is 3.08. The molecule has 2 aliphatic rings. The highest BCUT2D eigenvalue weighted by atomic mass is 16.5. The molecule has 2 N–H and O–H groups in total. The third kappa shape index (κ3) is 2.06. The Morgan fingerprint density at radius 2 is 2.11 bits per heavy atom. The summed E-state index contributed by atoms with van der Waals surface area (Å²) in [6.45, 7) is 2.14. The highest BCUT2D eigenvalue weighted by Crippen LogP contribution is 2.37. The minimum absolute atomic E-state index is 0.0267. The largest absolute Gasteiger partial charge is 0.365 e. The van der Waals surface area contributed by atoms with Gasteiger partial charge in [-0.15, -0.1) is 0 Å². The zero-order chi connectivity index (χ0) is 12.6. The minimum Gasteiger partial charge on any atom is -0.365 e. The first-order chi connectivity index (χ1) is 8.71. The van der Waals surface area contributed by atoms with Crippen molar-refractivity contribution in [1.82, 2.24) is 10.1 Å². The van der Waals surface area contributed by atoms with Crippen molar-refractivity contribution in [2.24, 2.45) is 5.73 Å². The molecule has 1 aliphatic carbocycles. The van der Waals surface area contributed by atoms with Gasteiger partial charge in [-0.05, 0) is 32.1 Å². The van der Waals surface area contributed by atoms with Gasteiger partial charge in [0, 0.05) is 0 Å². The topological polar surface area (TPSA) is 74.2 Å². The van der Waals surface area contributed by atoms with Crippen molar-refractivity contribution in [3.05, 3.63) is 11.7 Å². The molecule has 0 radical (unpaired) electrons. The summed E-state index contributed by atoms with van der Waals surface area (Å²) in [4.78, 5) is 4.49. The van der Waals surface area contributed by atoms with Crippen LogP contribution in [0.15, 0.2) is 4.52 Å². The van der Waals surface area contributed by atoms with Crippen molar-refractivity contribution < 1.29 is 9.26 Å². The van der Waals surface area contributed by atoms with Gasteiger partial charge in [0.05, 0.1) is 11.6 Å². The zero-order valence-corrected chi connectivity index (χ0v) is 10.9. The first-order valence-corrected chi connectivity index (χ1v) is 7.00. The monoisotopic (exact) mass is 251 g/mol. The smallest absolute Gasteiger partial charge is 0.255 e. The van der Waals surface area contributed by atoms with Gasteiger partial charge in [0.15, 0.2) is 5.82 Å². The maximum absolute atomic E-state index is 6.32. The SMILES string of the molecule is CCC1CCC(c2nc(C3(N)CCCC3)no2)O1. The number of ether oxygens (including phenoxy) is 1. The van der Waals surface area contributed by atoms with E-state index in [0.29, 0.717) is 17.8 Å².